The summed E-state index contributed by atoms with van der Waals surface area (Å²) in [6.07, 6.45) is 2.34. The summed E-state index contributed by atoms with van der Waals surface area (Å²) in [5.41, 5.74) is 6.87. The Labute approximate surface area is 161 Å². The van der Waals surface area contributed by atoms with Crippen LogP contribution in [0.15, 0.2) is 24.3 Å². The molecular formula is C22H28O3S. The summed E-state index contributed by atoms with van der Waals surface area (Å²) in [5.74, 6) is 2.11. The predicted molar refractivity (Wildman–Crippen MR) is 109 cm³/mol. The van der Waals surface area contributed by atoms with Crippen LogP contribution in [0.4, 0.5) is 0 Å². The van der Waals surface area contributed by atoms with Gasteiger partial charge in [-0.3, -0.25) is 0 Å². The molecule has 0 aromatic heterocycles. The van der Waals surface area contributed by atoms with Crippen LogP contribution < -0.4 is 14.2 Å². The molecule has 2 atom stereocenters. The van der Waals surface area contributed by atoms with Gasteiger partial charge >= 0.3 is 0 Å². The summed E-state index contributed by atoms with van der Waals surface area (Å²) >= 11 is 2.04. The molecule has 140 valence electrons. The van der Waals surface area contributed by atoms with Crippen molar-refractivity contribution in [2.75, 3.05) is 21.3 Å². The zero-order valence-corrected chi connectivity index (χ0v) is 17.3. The Morgan fingerprint density at radius 3 is 1.62 bits per heavy atom. The Bertz CT molecular complexity index is 752. The zero-order valence-electron chi connectivity index (χ0n) is 16.5. The number of methoxy groups -OCH3 is 3. The predicted octanol–water partition coefficient (Wildman–Crippen LogP) is 5.95. The molecule has 1 fully saturated rings. The molecule has 2 aromatic rings. The summed E-state index contributed by atoms with van der Waals surface area (Å²) in [5, 5.41) is 0.979. The number of aryl methyl sites for hydroxylation is 2. The van der Waals surface area contributed by atoms with E-state index in [-0.39, 0.29) is 0 Å². The molecule has 0 aliphatic carbocycles. The van der Waals surface area contributed by atoms with Crippen LogP contribution in [0.5, 0.6) is 17.2 Å². The molecular weight excluding hydrogens is 344 g/mol. The van der Waals surface area contributed by atoms with Crippen LogP contribution in [0, 0.1) is 20.8 Å². The lowest BCUT2D eigenvalue weighted by molar-refractivity contribution is 0.323. The van der Waals surface area contributed by atoms with Gasteiger partial charge < -0.3 is 14.2 Å². The number of hydrogen-bond donors (Lipinski definition) is 0. The fourth-order valence-electron chi connectivity index (χ4n) is 3.67. The highest BCUT2D eigenvalue weighted by Gasteiger charge is 2.29. The van der Waals surface area contributed by atoms with Gasteiger partial charge in [0, 0.05) is 10.5 Å². The molecule has 4 heteroatoms. The SMILES string of the molecule is COc1cc(C2CCC(c3cc(C)c(C)c(C)c3)S2)cc(OC)c1OC. The highest BCUT2D eigenvalue weighted by Crippen LogP contribution is 2.54. The fourth-order valence-corrected chi connectivity index (χ4v) is 5.20. The summed E-state index contributed by atoms with van der Waals surface area (Å²) in [6, 6.07) is 8.90. The van der Waals surface area contributed by atoms with Crippen molar-refractivity contribution in [3.63, 3.8) is 0 Å². The average molecular weight is 373 g/mol. The van der Waals surface area contributed by atoms with Crippen LogP contribution in [0.2, 0.25) is 0 Å². The van der Waals surface area contributed by atoms with Gasteiger partial charge in [0.05, 0.1) is 21.3 Å². The lowest BCUT2D eigenvalue weighted by Crippen LogP contribution is -1.98. The number of thioether (sulfide) groups is 1. The molecule has 0 saturated carbocycles. The molecule has 0 N–H and O–H groups in total. The van der Waals surface area contributed by atoms with Crippen molar-refractivity contribution in [2.45, 2.75) is 44.1 Å². The third-order valence-corrected chi connectivity index (χ3v) is 7.07. The molecule has 0 bridgehead atoms. The molecule has 26 heavy (non-hydrogen) atoms. The number of hydrogen-bond acceptors (Lipinski definition) is 4. The van der Waals surface area contributed by atoms with E-state index in [1.54, 1.807) is 21.3 Å². The zero-order chi connectivity index (χ0) is 18.8. The van der Waals surface area contributed by atoms with Crippen molar-refractivity contribution >= 4 is 11.8 Å². The maximum Gasteiger partial charge on any atom is 0.203 e. The van der Waals surface area contributed by atoms with E-state index < -0.39 is 0 Å². The number of rotatable bonds is 5. The number of benzene rings is 2. The smallest absolute Gasteiger partial charge is 0.203 e. The van der Waals surface area contributed by atoms with Gasteiger partial charge in [0.25, 0.3) is 0 Å². The fraction of sp³-hybridized carbons (Fsp3) is 0.455. The lowest BCUT2D eigenvalue weighted by atomic mass is 9.97. The Morgan fingerprint density at radius 1 is 0.731 bits per heavy atom. The van der Waals surface area contributed by atoms with E-state index in [0.717, 1.165) is 17.9 Å². The summed E-state index contributed by atoms with van der Waals surface area (Å²) < 4.78 is 16.5. The highest BCUT2D eigenvalue weighted by atomic mass is 32.2. The van der Waals surface area contributed by atoms with Crippen LogP contribution in [0.3, 0.4) is 0 Å². The summed E-state index contributed by atoms with van der Waals surface area (Å²) in [6.45, 7) is 6.62. The van der Waals surface area contributed by atoms with Gasteiger partial charge in [0.15, 0.2) is 11.5 Å². The van der Waals surface area contributed by atoms with Crippen molar-refractivity contribution in [1.82, 2.24) is 0 Å². The minimum Gasteiger partial charge on any atom is -0.493 e. The van der Waals surface area contributed by atoms with Crippen LogP contribution >= 0.6 is 11.8 Å². The van der Waals surface area contributed by atoms with E-state index >= 15 is 0 Å². The lowest BCUT2D eigenvalue weighted by Gasteiger charge is -2.18. The van der Waals surface area contributed by atoms with Gasteiger partial charge in [0.2, 0.25) is 5.75 Å². The first-order chi connectivity index (χ1) is 12.5. The molecule has 2 aromatic carbocycles. The van der Waals surface area contributed by atoms with E-state index in [2.05, 4.69) is 45.0 Å². The Hall–Kier alpha value is -1.81. The average Bonchev–Trinajstić information content (AvgIpc) is 3.14. The Kier molecular flexibility index (Phi) is 5.71. The Balaban J connectivity index is 1.87. The van der Waals surface area contributed by atoms with Gasteiger partial charge in [-0.05, 0) is 73.6 Å². The maximum absolute atomic E-state index is 5.52. The van der Waals surface area contributed by atoms with Gasteiger partial charge in [-0.2, -0.15) is 0 Å². The Morgan fingerprint density at radius 2 is 1.19 bits per heavy atom. The second-order valence-corrected chi connectivity index (χ2v) is 8.34. The van der Waals surface area contributed by atoms with E-state index in [0.29, 0.717) is 16.2 Å². The van der Waals surface area contributed by atoms with E-state index in [1.165, 1.54) is 34.2 Å². The standard InChI is InChI=1S/C22H28O3S/c1-13-9-16(10-14(2)15(13)3)20-7-8-21(26-20)17-11-18(23-4)22(25-6)19(12-17)24-5/h9-12,20-21H,7-8H2,1-6H3. The van der Waals surface area contributed by atoms with Gasteiger partial charge in [-0.25, -0.2) is 0 Å². The second kappa shape index (κ2) is 7.83. The first kappa shape index (κ1) is 19.0. The molecule has 1 aliphatic heterocycles. The maximum atomic E-state index is 5.52. The molecule has 0 spiro atoms. The monoisotopic (exact) mass is 372 g/mol. The minimum atomic E-state index is 0.440. The molecule has 0 radical (unpaired) electrons. The van der Waals surface area contributed by atoms with Crippen molar-refractivity contribution in [3.05, 3.63) is 52.1 Å². The first-order valence-electron chi connectivity index (χ1n) is 9.01. The molecule has 3 rings (SSSR count). The third-order valence-electron chi connectivity index (χ3n) is 5.40. The van der Waals surface area contributed by atoms with Crippen LogP contribution in [-0.4, -0.2) is 21.3 Å². The summed E-state index contributed by atoms with van der Waals surface area (Å²) in [7, 11) is 4.98. The number of ether oxygens (including phenoxy) is 3. The summed E-state index contributed by atoms with van der Waals surface area (Å²) in [4.78, 5) is 0. The van der Waals surface area contributed by atoms with Gasteiger partial charge in [-0.1, -0.05) is 12.1 Å². The quantitative estimate of drug-likeness (QED) is 0.648. The van der Waals surface area contributed by atoms with Crippen molar-refractivity contribution in [1.29, 1.82) is 0 Å². The molecule has 0 amide bonds. The van der Waals surface area contributed by atoms with Crippen molar-refractivity contribution in [2.24, 2.45) is 0 Å². The van der Waals surface area contributed by atoms with Gasteiger partial charge in [-0.15, -0.1) is 11.8 Å². The van der Waals surface area contributed by atoms with E-state index in [9.17, 15) is 0 Å². The molecule has 1 saturated heterocycles. The third kappa shape index (κ3) is 3.52. The topological polar surface area (TPSA) is 27.7 Å². The largest absolute Gasteiger partial charge is 0.493 e. The van der Waals surface area contributed by atoms with Gasteiger partial charge in [0.1, 0.15) is 0 Å². The first-order valence-corrected chi connectivity index (χ1v) is 9.95. The van der Waals surface area contributed by atoms with Crippen molar-refractivity contribution in [3.8, 4) is 17.2 Å². The minimum absolute atomic E-state index is 0.440. The molecule has 1 heterocycles. The molecule has 2 unspecified atom stereocenters. The van der Waals surface area contributed by atoms with E-state index in [4.69, 9.17) is 14.2 Å². The highest BCUT2D eigenvalue weighted by molar-refractivity contribution is 8.00. The second-order valence-electron chi connectivity index (χ2n) is 6.93. The van der Waals surface area contributed by atoms with Crippen LogP contribution in [0.1, 0.15) is 51.2 Å². The normalized spacial score (nSPS) is 19.5. The molecule has 1 aliphatic rings. The van der Waals surface area contributed by atoms with E-state index in [1.807, 2.05) is 11.8 Å². The van der Waals surface area contributed by atoms with Crippen molar-refractivity contribution < 1.29 is 14.2 Å². The van der Waals surface area contributed by atoms with Crippen LogP contribution in [-0.2, 0) is 0 Å². The van der Waals surface area contributed by atoms with Crippen LogP contribution in [0.25, 0.3) is 0 Å². The molecule has 3 nitrogen and oxygen atoms in total.